The molecule has 0 bridgehead atoms. The van der Waals surface area contributed by atoms with Gasteiger partial charge in [-0.3, -0.25) is 10.1 Å². The number of rotatable bonds is 7. The van der Waals surface area contributed by atoms with Crippen LogP contribution in [0.4, 0.5) is 32.0 Å². The van der Waals surface area contributed by atoms with Crippen molar-refractivity contribution in [2.45, 2.75) is 72.9 Å². The molecule has 0 saturated heterocycles. The molecule has 1 aliphatic rings. The lowest BCUT2D eigenvalue weighted by Gasteiger charge is -2.42. The molecule has 4 atom stereocenters. The lowest BCUT2D eigenvalue weighted by Crippen LogP contribution is -2.39. The first kappa shape index (κ1) is 33.5. The highest BCUT2D eigenvalue weighted by Crippen LogP contribution is 2.55. The van der Waals surface area contributed by atoms with Gasteiger partial charge in [-0.05, 0) is 79.0 Å². The topological polar surface area (TPSA) is 53.5 Å². The molecule has 1 amide bonds. The summed E-state index contributed by atoms with van der Waals surface area (Å²) >= 11 is 5.99. The number of nitrogens with one attached hydrogen (secondary N) is 2. The van der Waals surface area contributed by atoms with E-state index in [9.17, 15) is 31.1 Å². The number of carbonyl (C=O) groups is 1. The van der Waals surface area contributed by atoms with Crippen LogP contribution >= 0.6 is 11.6 Å². The third kappa shape index (κ3) is 7.68. The molecule has 230 valence electrons. The molecule has 0 radical (unpaired) electrons. The number of alkyl halides is 3. The number of anilines is 1. The molecule has 2 aromatic carbocycles. The summed E-state index contributed by atoms with van der Waals surface area (Å²) < 4.78 is 85.7. The zero-order valence-electron chi connectivity index (χ0n) is 24.2. The van der Waals surface area contributed by atoms with E-state index in [4.69, 9.17) is 11.6 Å². The fourth-order valence-electron chi connectivity index (χ4n) is 6.10. The molecule has 0 saturated carbocycles. The summed E-state index contributed by atoms with van der Waals surface area (Å²) in [6.07, 6.45) is -2.11. The molecule has 2 N–H and O–H groups in total. The van der Waals surface area contributed by atoms with Crippen LogP contribution in [0.15, 0.2) is 52.7 Å². The van der Waals surface area contributed by atoms with Crippen molar-refractivity contribution in [1.29, 1.82) is 0 Å². The Labute approximate surface area is 247 Å². The van der Waals surface area contributed by atoms with E-state index >= 15 is 0 Å². The molecule has 11 heteroatoms. The van der Waals surface area contributed by atoms with Gasteiger partial charge in [0.15, 0.2) is 11.6 Å². The number of benzene rings is 2. The lowest BCUT2D eigenvalue weighted by molar-refractivity contribution is -0.186. The first-order valence-electron chi connectivity index (χ1n) is 14.0. The second-order valence-corrected chi connectivity index (χ2v) is 11.6. The van der Waals surface area contributed by atoms with Crippen molar-refractivity contribution in [2.75, 3.05) is 5.32 Å². The Morgan fingerprint density at radius 2 is 1.76 bits per heavy atom. The summed E-state index contributed by atoms with van der Waals surface area (Å²) in [7, 11) is 0. The van der Waals surface area contributed by atoms with E-state index < -0.39 is 46.8 Å². The zero-order chi connectivity index (χ0) is 31.4. The fraction of sp³-hybridized carbons (Fsp3) is 0.484. The summed E-state index contributed by atoms with van der Waals surface area (Å²) in [6, 6.07) is 5.98. The van der Waals surface area contributed by atoms with Gasteiger partial charge in [0.1, 0.15) is 5.82 Å². The Hall–Kier alpha value is -3.01. The molecule has 0 aliphatic heterocycles. The molecule has 0 aromatic heterocycles. The number of aliphatic imine (C=N–C) groups is 1. The maximum atomic E-state index is 14.7. The van der Waals surface area contributed by atoms with E-state index in [1.165, 1.54) is 13.0 Å². The van der Waals surface area contributed by atoms with Gasteiger partial charge in [0.25, 0.3) is 5.91 Å². The Balaban J connectivity index is 2.21. The Morgan fingerprint density at radius 1 is 1.07 bits per heavy atom. The van der Waals surface area contributed by atoms with Crippen LogP contribution in [0.1, 0.15) is 77.1 Å². The van der Waals surface area contributed by atoms with Crippen molar-refractivity contribution >= 4 is 29.2 Å². The Bertz CT molecular complexity index is 1340. The molecule has 3 rings (SSSR count). The minimum atomic E-state index is -4.55. The fourth-order valence-corrected chi connectivity index (χ4v) is 6.32. The molecule has 2 aromatic rings. The first-order chi connectivity index (χ1) is 19.6. The van der Waals surface area contributed by atoms with Crippen LogP contribution in [0.25, 0.3) is 0 Å². The normalized spacial score (nSPS) is 23.5. The van der Waals surface area contributed by atoms with Crippen LogP contribution in [0.2, 0.25) is 5.02 Å². The predicted molar refractivity (Wildman–Crippen MR) is 154 cm³/mol. The van der Waals surface area contributed by atoms with Crippen LogP contribution in [0, 0.1) is 40.6 Å². The lowest BCUT2D eigenvalue weighted by atomic mass is 9.63. The summed E-state index contributed by atoms with van der Waals surface area (Å²) in [4.78, 5) is 17.6. The van der Waals surface area contributed by atoms with Crippen LogP contribution in [-0.4, -0.2) is 18.0 Å². The van der Waals surface area contributed by atoms with Gasteiger partial charge in [-0.15, -0.1) is 0 Å². The highest BCUT2D eigenvalue weighted by atomic mass is 35.5. The summed E-state index contributed by atoms with van der Waals surface area (Å²) in [5, 5.41) is 5.22. The molecule has 0 fully saturated rings. The number of hydrogen-bond acceptors (Lipinski definition) is 2. The maximum absolute atomic E-state index is 14.7. The van der Waals surface area contributed by atoms with Crippen molar-refractivity contribution in [2.24, 2.45) is 28.2 Å². The smallest absolute Gasteiger partial charge is 0.326 e. The average molecular weight is 616 g/mol. The summed E-state index contributed by atoms with van der Waals surface area (Å²) in [5.41, 5.74) is -0.570. The standard InChI is InChI=1S/C31H36ClF6N3O/c1-6-9-23-22(7-2)27(31(36,37)38)17(4)26(16-30(23,5)8-3)40-29(39-21-14-19(32)13-20(33)15-21)41-28(42)18-10-11-24(34)25(35)12-18/h10-15,22-23,27H,6-9,16H2,1-5H3,(H2,39,40,41,42). The molecular weight excluding hydrogens is 580 g/mol. The highest BCUT2D eigenvalue weighted by molar-refractivity contribution is 6.31. The summed E-state index contributed by atoms with van der Waals surface area (Å²) in [6.45, 7) is 9.05. The number of halogens is 7. The molecular formula is C31H36ClF6N3O. The van der Waals surface area contributed by atoms with Gasteiger partial charge in [0.05, 0.1) is 5.92 Å². The van der Waals surface area contributed by atoms with Gasteiger partial charge in [0.2, 0.25) is 5.96 Å². The van der Waals surface area contributed by atoms with Gasteiger partial charge in [-0.25, -0.2) is 18.2 Å². The number of amides is 1. The van der Waals surface area contributed by atoms with Crippen LogP contribution < -0.4 is 10.6 Å². The largest absolute Gasteiger partial charge is 0.395 e. The van der Waals surface area contributed by atoms with Gasteiger partial charge < -0.3 is 5.32 Å². The third-order valence-electron chi connectivity index (χ3n) is 8.35. The van der Waals surface area contributed by atoms with Gasteiger partial charge in [-0.2, -0.15) is 13.2 Å². The van der Waals surface area contributed by atoms with Gasteiger partial charge in [0, 0.05) is 22.0 Å². The number of allylic oxidation sites excluding steroid dienone is 2. The van der Waals surface area contributed by atoms with Crippen molar-refractivity contribution < 1.29 is 31.1 Å². The number of guanidine groups is 1. The minimum absolute atomic E-state index is 0.0255. The minimum Gasteiger partial charge on any atom is -0.326 e. The monoisotopic (exact) mass is 615 g/mol. The van der Waals surface area contributed by atoms with E-state index in [1.807, 2.05) is 20.8 Å². The summed E-state index contributed by atoms with van der Waals surface area (Å²) in [5.74, 6) is -7.04. The van der Waals surface area contributed by atoms with E-state index in [0.29, 0.717) is 25.3 Å². The van der Waals surface area contributed by atoms with Crippen molar-refractivity contribution in [1.82, 2.24) is 5.32 Å². The maximum Gasteiger partial charge on any atom is 0.395 e. The number of carbonyl (C=O) groups excluding carboxylic acids is 1. The second-order valence-electron chi connectivity index (χ2n) is 11.1. The number of hydrogen-bond donors (Lipinski definition) is 2. The molecule has 4 unspecified atom stereocenters. The highest BCUT2D eigenvalue weighted by Gasteiger charge is 2.53. The third-order valence-corrected chi connectivity index (χ3v) is 8.57. The quantitative estimate of drug-likeness (QED) is 0.185. The van der Waals surface area contributed by atoms with E-state index in [2.05, 4.69) is 15.6 Å². The molecule has 4 nitrogen and oxygen atoms in total. The van der Waals surface area contributed by atoms with Crippen molar-refractivity contribution in [3.8, 4) is 0 Å². The van der Waals surface area contributed by atoms with Crippen molar-refractivity contribution in [3.63, 3.8) is 0 Å². The molecule has 1 aliphatic carbocycles. The van der Waals surface area contributed by atoms with Crippen LogP contribution in [0.5, 0.6) is 0 Å². The first-order valence-corrected chi connectivity index (χ1v) is 14.4. The van der Waals surface area contributed by atoms with Crippen LogP contribution in [0.3, 0.4) is 0 Å². The van der Waals surface area contributed by atoms with E-state index in [0.717, 1.165) is 30.7 Å². The van der Waals surface area contributed by atoms with E-state index in [1.54, 1.807) is 6.92 Å². The van der Waals surface area contributed by atoms with Gasteiger partial charge in [-0.1, -0.05) is 58.6 Å². The number of nitrogens with zero attached hydrogens (tertiary/aromatic N) is 1. The SMILES string of the molecule is CCCC1C(CC)C(C(F)(F)F)C(C)=C(N=C(NC(=O)c2ccc(F)c(F)c2)Nc2cc(F)cc(Cl)c2)CC1(C)CC. The second kappa shape index (κ2) is 13.5. The van der Waals surface area contributed by atoms with Gasteiger partial charge >= 0.3 is 6.18 Å². The zero-order valence-corrected chi connectivity index (χ0v) is 25.0. The predicted octanol–water partition coefficient (Wildman–Crippen LogP) is 9.67. The molecule has 42 heavy (non-hydrogen) atoms. The van der Waals surface area contributed by atoms with E-state index in [-0.39, 0.29) is 45.8 Å². The average Bonchev–Trinajstić information content (AvgIpc) is 2.98. The Morgan fingerprint density at radius 3 is 2.31 bits per heavy atom. The van der Waals surface area contributed by atoms with Crippen LogP contribution in [-0.2, 0) is 0 Å². The molecule has 0 spiro atoms. The van der Waals surface area contributed by atoms with Crippen molar-refractivity contribution in [3.05, 3.63) is 75.7 Å². The Kier molecular flexibility index (Phi) is 10.8. The molecule has 0 heterocycles.